The smallest absolute Gasteiger partial charge is 0.333 e. The first kappa shape index (κ1) is 109. The number of fused-ring (bicyclic) bond motifs is 5. The van der Waals surface area contributed by atoms with Gasteiger partial charge in [-0.25, -0.2) is 9.59 Å². The van der Waals surface area contributed by atoms with E-state index in [0.29, 0.717) is 55.8 Å². The number of anilines is 1. The van der Waals surface area contributed by atoms with Crippen LogP contribution in [0.4, 0.5) is 5.69 Å². The Morgan fingerprint density at radius 3 is 1.92 bits per heavy atom. The lowest BCUT2D eigenvalue weighted by molar-refractivity contribution is -0.197. The van der Waals surface area contributed by atoms with Crippen molar-refractivity contribution in [2.24, 2.45) is 11.8 Å². The highest BCUT2D eigenvalue weighted by Gasteiger charge is 2.46. The van der Waals surface area contributed by atoms with Crippen LogP contribution >= 0.6 is 21.6 Å². The molecule has 2 bridgehead atoms. The van der Waals surface area contributed by atoms with Crippen LogP contribution < -0.4 is 74.4 Å². The number of rotatable bonds is 47. The Balaban J connectivity index is 1.16. The Morgan fingerprint density at radius 2 is 1.28 bits per heavy atom. The van der Waals surface area contributed by atoms with Crippen LogP contribution in [0, 0.1) is 11.8 Å². The minimum atomic E-state index is -2.68. The third kappa shape index (κ3) is 36.8. The van der Waals surface area contributed by atoms with Crippen LogP contribution in [0.1, 0.15) is 169 Å². The average molecular weight is 1910 g/mol. The Hall–Kier alpha value is -11.2. The lowest BCUT2D eigenvalue weighted by atomic mass is 9.93. The van der Waals surface area contributed by atoms with Gasteiger partial charge in [-0.05, 0) is 95.6 Å². The number of hydrogen-bond acceptors (Lipinski definition) is 30. The number of amides is 17. The summed E-state index contributed by atoms with van der Waals surface area (Å²) in [4.78, 5) is 274. The molecule has 4 unspecified atom stereocenters. The number of carboxylic acid groups (broad SMARTS) is 2. The monoisotopic (exact) mass is 1910 g/mol. The SMILES string of the molecule is CCC(C)[C@@H]1NC(=O)CNC(=O)[C@@H]2Cc3c([nH]c4cc(O)c(NC(=O)CCCNC(=O)[C@H](CCCCNC(=O)COCCCNC(=O)COCCCNC(=O)CC[C@H](NC(C)=O)C(=O)O)NC(=O)CCCSSC(C)(C)CCCC(=O)ON5C(=O)CCC5=O)cc34)S(=O)C[C@H](NC(=O)CNC1=O)C(=O)N[C@@H](CC(=O)O)C(=O)N1C[C@H](O)C[C@H]1C(=O)N[C@@H](C(C)C(O)CO)C(=O)N2. The van der Waals surface area contributed by atoms with Crippen LogP contribution in [0.25, 0.3) is 10.9 Å². The van der Waals surface area contributed by atoms with Gasteiger partial charge in [0, 0.05) is 132 Å². The van der Waals surface area contributed by atoms with Gasteiger partial charge in [-0.3, -0.25) is 90.5 Å². The number of phenolic OH excluding ortho intramolecular Hbond substituents is 1. The van der Waals surface area contributed by atoms with Gasteiger partial charge in [-0.2, -0.15) is 0 Å². The normalized spacial score (nSPS) is 20.8. The van der Waals surface area contributed by atoms with Gasteiger partial charge in [0.2, 0.25) is 88.6 Å². The molecule has 0 aliphatic carbocycles. The molecule has 2 saturated heterocycles. The van der Waals surface area contributed by atoms with E-state index in [1.54, 1.807) is 13.8 Å². The van der Waals surface area contributed by atoms with Crippen molar-refractivity contribution in [1.82, 2.24) is 84.1 Å². The summed E-state index contributed by atoms with van der Waals surface area (Å²) >= 11 is 0. The molecular formula is C81H121N17O30S3. The van der Waals surface area contributed by atoms with E-state index in [4.69, 9.17) is 14.3 Å². The predicted molar refractivity (Wildman–Crippen MR) is 466 cm³/mol. The number of hydroxylamine groups is 2. The number of aromatic amines is 1. The number of aromatic hydroxyl groups is 1. The zero-order valence-electron chi connectivity index (χ0n) is 73.7. The summed E-state index contributed by atoms with van der Waals surface area (Å²) in [6.07, 6.45) is -3.63. The van der Waals surface area contributed by atoms with Crippen molar-refractivity contribution in [3.63, 3.8) is 0 Å². The van der Waals surface area contributed by atoms with Crippen molar-refractivity contribution in [3.8, 4) is 5.75 Å². The molecule has 2 fully saturated rings. The summed E-state index contributed by atoms with van der Waals surface area (Å²) in [6.45, 7) is 6.10. The number of nitrogens with one attached hydrogen (secondary N) is 15. The van der Waals surface area contributed by atoms with Crippen molar-refractivity contribution >= 4 is 167 Å². The molecule has 0 spiro atoms. The molecule has 50 heteroatoms. The highest BCUT2D eigenvalue weighted by Crippen LogP contribution is 2.40. The topological polar surface area (TPSA) is 698 Å². The van der Waals surface area contributed by atoms with E-state index in [1.165, 1.54) is 41.5 Å². The maximum absolute atomic E-state index is 15.3. The van der Waals surface area contributed by atoms with Crippen LogP contribution in [0.15, 0.2) is 17.2 Å². The molecule has 1 aromatic carbocycles. The van der Waals surface area contributed by atoms with Gasteiger partial charge in [0.1, 0.15) is 72.3 Å². The fourth-order valence-electron chi connectivity index (χ4n) is 14.0. The Labute approximate surface area is 763 Å². The second-order valence-corrected chi connectivity index (χ2v) is 37.0. The number of aliphatic hydroxyl groups excluding tert-OH is 3. The van der Waals surface area contributed by atoms with Crippen LogP contribution in [0.3, 0.4) is 0 Å². The highest BCUT2D eigenvalue weighted by atomic mass is 33.1. The van der Waals surface area contributed by atoms with Crippen molar-refractivity contribution in [2.45, 2.75) is 240 Å². The first-order valence-electron chi connectivity index (χ1n) is 43.1. The number of aliphatic carboxylic acids is 2. The van der Waals surface area contributed by atoms with Crippen LogP contribution in [0.2, 0.25) is 0 Å². The molecule has 0 radical (unpaired) electrons. The summed E-state index contributed by atoms with van der Waals surface area (Å²) in [5, 5.41) is 98.2. The van der Waals surface area contributed by atoms with Gasteiger partial charge in [0.15, 0.2) is 0 Å². The number of unbranched alkanes of at least 4 members (excludes halogenated alkanes) is 1. The minimum absolute atomic E-state index is 0.00567. The van der Waals surface area contributed by atoms with Crippen LogP contribution in [-0.2, 0) is 127 Å². The fourth-order valence-corrected chi connectivity index (χ4v) is 18.1. The zero-order chi connectivity index (χ0) is 96.8. The number of benzene rings is 1. The van der Waals surface area contributed by atoms with Crippen molar-refractivity contribution < 1.29 is 145 Å². The van der Waals surface area contributed by atoms with E-state index in [2.05, 4.69) is 79.4 Å². The largest absolute Gasteiger partial charge is 0.506 e. The van der Waals surface area contributed by atoms with Crippen LogP contribution in [-0.4, -0.2) is 324 Å². The van der Waals surface area contributed by atoms with E-state index in [-0.39, 0.29) is 144 Å². The number of ether oxygens (including phenoxy) is 2. The van der Waals surface area contributed by atoms with E-state index in [1.807, 2.05) is 13.8 Å². The second-order valence-electron chi connectivity index (χ2n) is 32.5. The summed E-state index contributed by atoms with van der Waals surface area (Å²) in [5.74, 6) is -21.1. The third-order valence-electron chi connectivity index (χ3n) is 21.3. The number of carboxylic acids is 2. The zero-order valence-corrected chi connectivity index (χ0v) is 76.2. The maximum Gasteiger partial charge on any atom is 0.333 e. The number of H-pyrrole nitrogens is 1. The van der Waals surface area contributed by atoms with Gasteiger partial charge >= 0.3 is 17.9 Å². The highest BCUT2D eigenvalue weighted by molar-refractivity contribution is 8.77. The molecule has 6 rings (SSSR count). The number of nitrogens with zero attached hydrogens (tertiary/aromatic N) is 2. The Kier molecular flexibility index (Phi) is 45.2. The number of aromatic nitrogens is 1. The molecule has 131 heavy (non-hydrogen) atoms. The summed E-state index contributed by atoms with van der Waals surface area (Å²) < 4.78 is 25.8. The number of phenols is 1. The lowest BCUT2D eigenvalue weighted by Crippen LogP contribution is -2.62. The van der Waals surface area contributed by atoms with Gasteiger partial charge in [-0.15, -0.1) is 5.06 Å². The molecule has 0 saturated carbocycles. The van der Waals surface area contributed by atoms with E-state index in [0.717, 1.165) is 11.0 Å². The van der Waals surface area contributed by atoms with Gasteiger partial charge in [-0.1, -0.05) is 48.8 Å². The minimum Gasteiger partial charge on any atom is -0.506 e. The molecule has 21 N–H and O–H groups in total. The third-order valence-corrected chi connectivity index (χ3v) is 26.2. The molecule has 728 valence electrons. The number of carbonyl (C=O) groups excluding carboxylic acids is 18. The second kappa shape index (κ2) is 54.6. The van der Waals surface area contributed by atoms with E-state index >= 15 is 4.21 Å². The first-order chi connectivity index (χ1) is 62.1. The molecule has 13 atom stereocenters. The first-order valence-corrected chi connectivity index (χ1v) is 46.7. The molecular weight excluding hydrogens is 1790 g/mol. The van der Waals surface area contributed by atoms with E-state index < -0.39 is 264 Å². The molecule has 5 heterocycles. The summed E-state index contributed by atoms with van der Waals surface area (Å²) in [6, 6.07) is -11.3. The molecule has 47 nitrogen and oxygen atoms in total. The Morgan fingerprint density at radius 1 is 0.656 bits per heavy atom. The van der Waals surface area contributed by atoms with Crippen molar-refractivity contribution in [3.05, 3.63) is 17.7 Å². The predicted octanol–water partition coefficient (Wildman–Crippen LogP) is -4.58. The Bertz CT molecular complexity index is 4450. The fraction of sp³-hybridized carbons (Fsp3) is 0.654. The lowest BCUT2D eigenvalue weighted by Gasteiger charge is -2.32. The number of aliphatic hydroxyl groups is 3. The molecule has 4 aliphatic rings. The summed E-state index contributed by atoms with van der Waals surface area (Å²) in [7, 11) is 0.324. The number of carbonyl (C=O) groups is 20. The number of hydrogen-bond donors (Lipinski definition) is 21. The van der Waals surface area contributed by atoms with E-state index in [9.17, 15) is 127 Å². The van der Waals surface area contributed by atoms with Gasteiger partial charge < -0.3 is 129 Å². The van der Waals surface area contributed by atoms with Gasteiger partial charge in [0.05, 0.1) is 66.1 Å². The summed E-state index contributed by atoms with van der Waals surface area (Å²) in [5.41, 5.74) is -0.619. The standard InChI is InChI=1S/C81H121N17O30S3/c1-7-43(2)70-76(120)87-36-62(107)91-55-42-131(125)78-48(33-53(73(117)86-37-63(108)95-70)92-77(121)71(44(3)58(103)39-99)96-75(119)56-31-46(101)38-97(56)79(122)54(35-68(113)114)93-74(55)118)47-32-52(57(102)34-51(47)94-78)90-60(105)16-11-25-85-72(116)49(89-61(106)17-12-30-129-130-81(5,6)23-10-18-69(115)128-98-66(111)21-22-67(98)112)15-8-9-24-83-64(109)40-127-29-14-27-84-65(110)41-126-28-13-26-82-59(104)20-19-50(80(123)124)88-45(4)100/h32,34,43-44,46,49-50,53-56,58,70-71,94,99,101-103H,7-31,33,35-42H2,1-6H3,(H,82,104)(H,83,109)(H,84,110)(H,85,116)(H,86,117)(H,87,120)(H,88,100)(H,89,106)(H,90,105)(H,91,107)(H,92,121)(H,93,118)(H,95,108)(H,96,119)(H,113,114)(H,123,124)/t43?,44?,46-,49+,50+,53+,54+,55+,56+,58?,70+,71+,131?/m1/s1. The van der Waals surface area contributed by atoms with Crippen molar-refractivity contribution in [1.29, 1.82) is 0 Å². The molecule has 2 aromatic rings. The maximum atomic E-state index is 15.3. The molecule has 4 aliphatic heterocycles. The van der Waals surface area contributed by atoms with Gasteiger partial charge in [0.25, 0.3) is 11.8 Å². The number of imide groups is 1. The quantitative estimate of drug-likeness (QED) is 0.0128. The molecule has 17 amide bonds. The molecule has 1 aromatic heterocycles. The van der Waals surface area contributed by atoms with Crippen LogP contribution in [0.5, 0.6) is 5.75 Å². The van der Waals surface area contributed by atoms with Crippen molar-refractivity contribution in [2.75, 3.05) is 95.7 Å². The average Bonchev–Trinajstić information content (AvgIpc) is 1.64.